The summed E-state index contributed by atoms with van der Waals surface area (Å²) in [7, 11) is 1.90. The standard InChI is InChI=1S/C19H20N2O2/c1-13(2)23-15-9-10-16-17(11-15)20-19(21(3)18(16)12-22)14-7-5-4-6-8-14/h4-13,18H,1-3H3. The zero-order valence-electron chi connectivity index (χ0n) is 13.6. The lowest BCUT2D eigenvalue weighted by atomic mass is 10.0. The summed E-state index contributed by atoms with van der Waals surface area (Å²) in [6, 6.07) is 15.3. The number of hydrogen-bond acceptors (Lipinski definition) is 4. The highest BCUT2D eigenvalue weighted by Gasteiger charge is 2.28. The summed E-state index contributed by atoms with van der Waals surface area (Å²) in [6.07, 6.45) is 1.05. The summed E-state index contributed by atoms with van der Waals surface area (Å²) in [4.78, 5) is 18.3. The third-order valence-electron chi connectivity index (χ3n) is 3.83. The van der Waals surface area contributed by atoms with E-state index in [0.29, 0.717) is 0 Å². The molecule has 0 N–H and O–H groups in total. The van der Waals surface area contributed by atoms with Gasteiger partial charge in [-0.05, 0) is 19.9 Å². The number of amidine groups is 1. The van der Waals surface area contributed by atoms with Crippen molar-refractivity contribution in [3.8, 4) is 5.75 Å². The smallest absolute Gasteiger partial charge is 0.147 e. The first-order valence-electron chi connectivity index (χ1n) is 7.73. The molecule has 4 nitrogen and oxygen atoms in total. The molecule has 2 aromatic carbocycles. The molecule has 1 aliphatic heterocycles. The molecule has 118 valence electrons. The first kappa shape index (κ1) is 15.3. The molecule has 23 heavy (non-hydrogen) atoms. The van der Waals surface area contributed by atoms with Crippen LogP contribution in [0.1, 0.15) is 31.0 Å². The van der Waals surface area contributed by atoms with Gasteiger partial charge in [0.2, 0.25) is 0 Å². The molecular weight excluding hydrogens is 288 g/mol. The molecule has 0 saturated heterocycles. The first-order chi connectivity index (χ1) is 11.1. The SMILES string of the molecule is CC(C)Oc1ccc2c(c1)N=C(c1ccccc1)N(C)C2C=O. The van der Waals surface area contributed by atoms with E-state index < -0.39 is 0 Å². The number of fused-ring (bicyclic) bond motifs is 1. The van der Waals surface area contributed by atoms with Crippen molar-refractivity contribution in [2.75, 3.05) is 7.05 Å². The molecule has 0 amide bonds. The fraction of sp³-hybridized carbons (Fsp3) is 0.263. The number of benzene rings is 2. The Morgan fingerprint density at radius 1 is 1.17 bits per heavy atom. The predicted molar refractivity (Wildman–Crippen MR) is 91.4 cm³/mol. The van der Waals surface area contributed by atoms with Gasteiger partial charge in [-0.3, -0.25) is 0 Å². The molecule has 0 aromatic heterocycles. The third kappa shape index (κ3) is 2.97. The molecule has 0 fully saturated rings. The van der Waals surface area contributed by atoms with E-state index in [9.17, 15) is 4.79 Å². The van der Waals surface area contributed by atoms with Crippen LogP contribution >= 0.6 is 0 Å². The number of likely N-dealkylation sites (N-methyl/N-ethyl adjacent to an activating group) is 1. The van der Waals surface area contributed by atoms with Gasteiger partial charge in [0, 0.05) is 24.2 Å². The molecule has 3 rings (SSSR count). The summed E-state index contributed by atoms with van der Waals surface area (Å²) >= 11 is 0. The van der Waals surface area contributed by atoms with Crippen molar-refractivity contribution in [2.45, 2.75) is 26.0 Å². The number of nitrogens with zero attached hydrogens (tertiary/aromatic N) is 2. The molecule has 1 aliphatic rings. The monoisotopic (exact) mass is 308 g/mol. The maximum absolute atomic E-state index is 11.6. The number of carbonyl (C=O) groups excluding carboxylic acids is 1. The molecule has 1 unspecified atom stereocenters. The van der Waals surface area contributed by atoms with Crippen molar-refractivity contribution in [1.29, 1.82) is 0 Å². The second-order valence-electron chi connectivity index (χ2n) is 5.88. The van der Waals surface area contributed by atoms with Crippen molar-refractivity contribution in [3.63, 3.8) is 0 Å². The third-order valence-corrected chi connectivity index (χ3v) is 3.83. The fourth-order valence-corrected chi connectivity index (χ4v) is 2.77. The van der Waals surface area contributed by atoms with E-state index in [0.717, 1.165) is 34.7 Å². The van der Waals surface area contributed by atoms with Gasteiger partial charge in [-0.15, -0.1) is 0 Å². The van der Waals surface area contributed by atoms with Crippen molar-refractivity contribution in [2.24, 2.45) is 4.99 Å². The van der Waals surface area contributed by atoms with Gasteiger partial charge in [0.05, 0.1) is 11.8 Å². The molecule has 1 atom stereocenters. The van der Waals surface area contributed by atoms with E-state index in [1.54, 1.807) is 0 Å². The van der Waals surface area contributed by atoms with Gasteiger partial charge in [-0.25, -0.2) is 4.99 Å². The Morgan fingerprint density at radius 2 is 1.91 bits per heavy atom. The molecule has 4 heteroatoms. The van der Waals surface area contributed by atoms with Gasteiger partial charge in [-0.1, -0.05) is 36.4 Å². The minimum Gasteiger partial charge on any atom is -0.491 e. The maximum Gasteiger partial charge on any atom is 0.147 e. The highest BCUT2D eigenvalue weighted by Crippen LogP contribution is 2.37. The van der Waals surface area contributed by atoms with Crippen molar-refractivity contribution in [3.05, 3.63) is 59.7 Å². The van der Waals surface area contributed by atoms with Crippen LogP contribution in [0.2, 0.25) is 0 Å². The molecule has 0 radical (unpaired) electrons. The molecule has 1 heterocycles. The lowest BCUT2D eigenvalue weighted by Crippen LogP contribution is -2.35. The number of rotatable bonds is 4. The molecule has 0 aliphatic carbocycles. The first-order valence-corrected chi connectivity index (χ1v) is 7.73. The highest BCUT2D eigenvalue weighted by molar-refractivity contribution is 6.03. The van der Waals surface area contributed by atoms with Crippen LogP contribution in [0, 0.1) is 0 Å². The van der Waals surface area contributed by atoms with Gasteiger partial charge < -0.3 is 14.4 Å². The Kier molecular flexibility index (Phi) is 4.15. The van der Waals surface area contributed by atoms with Crippen LogP contribution in [0.5, 0.6) is 5.75 Å². The molecule has 0 spiro atoms. The Hall–Kier alpha value is -2.62. The van der Waals surface area contributed by atoms with E-state index in [-0.39, 0.29) is 12.1 Å². The van der Waals surface area contributed by atoms with Crippen LogP contribution in [-0.4, -0.2) is 30.2 Å². The number of ether oxygens (including phenoxy) is 1. The van der Waals surface area contributed by atoms with Gasteiger partial charge in [-0.2, -0.15) is 0 Å². The summed E-state index contributed by atoms with van der Waals surface area (Å²) in [5.74, 6) is 1.56. The molecule has 0 bridgehead atoms. The zero-order valence-corrected chi connectivity index (χ0v) is 13.6. The van der Waals surface area contributed by atoms with Gasteiger partial charge in [0.1, 0.15) is 23.9 Å². The molecular formula is C19H20N2O2. The van der Waals surface area contributed by atoms with E-state index in [2.05, 4.69) is 0 Å². The van der Waals surface area contributed by atoms with Crippen LogP contribution in [-0.2, 0) is 4.79 Å². The Balaban J connectivity index is 2.10. The lowest BCUT2D eigenvalue weighted by Gasteiger charge is -2.32. The summed E-state index contributed by atoms with van der Waals surface area (Å²) < 4.78 is 5.75. The van der Waals surface area contributed by atoms with E-state index in [1.807, 2.05) is 74.3 Å². The summed E-state index contributed by atoms with van der Waals surface area (Å²) in [5.41, 5.74) is 2.68. The average molecular weight is 308 g/mol. The predicted octanol–water partition coefficient (Wildman–Crippen LogP) is 3.74. The molecule has 2 aromatic rings. The van der Waals surface area contributed by atoms with E-state index >= 15 is 0 Å². The van der Waals surface area contributed by atoms with Gasteiger partial charge in [0.15, 0.2) is 0 Å². The Labute approximate surface area is 136 Å². The largest absolute Gasteiger partial charge is 0.491 e. The van der Waals surface area contributed by atoms with Gasteiger partial charge in [0.25, 0.3) is 0 Å². The van der Waals surface area contributed by atoms with E-state index in [1.165, 1.54) is 0 Å². The average Bonchev–Trinajstić information content (AvgIpc) is 2.55. The fourth-order valence-electron chi connectivity index (χ4n) is 2.77. The van der Waals surface area contributed by atoms with Crippen molar-refractivity contribution >= 4 is 17.8 Å². The minimum atomic E-state index is -0.342. The zero-order chi connectivity index (χ0) is 16.4. The normalized spacial score (nSPS) is 16.8. The maximum atomic E-state index is 11.6. The number of aldehydes is 1. The van der Waals surface area contributed by atoms with Crippen LogP contribution < -0.4 is 4.74 Å². The Morgan fingerprint density at radius 3 is 2.57 bits per heavy atom. The van der Waals surface area contributed by atoms with Crippen LogP contribution in [0.15, 0.2) is 53.5 Å². The quantitative estimate of drug-likeness (QED) is 0.808. The van der Waals surface area contributed by atoms with Crippen LogP contribution in [0.25, 0.3) is 0 Å². The number of carbonyl (C=O) groups is 1. The number of hydrogen-bond donors (Lipinski definition) is 0. The second kappa shape index (κ2) is 6.24. The molecule has 0 saturated carbocycles. The van der Waals surface area contributed by atoms with Crippen LogP contribution in [0.4, 0.5) is 5.69 Å². The summed E-state index contributed by atoms with van der Waals surface area (Å²) in [6.45, 7) is 3.97. The highest BCUT2D eigenvalue weighted by atomic mass is 16.5. The minimum absolute atomic E-state index is 0.0961. The van der Waals surface area contributed by atoms with Gasteiger partial charge >= 0.3 is 0 Å². The van der Waals surface area contributed by atoms with Crippen LogP contribution in [0.3, 0.4) is 0 Å². The lowest BCUT2D eigenvalue weighted by molar-refractivity contribution is -0.111. The van der Waals surface area contributed by atoms with E-state index in [4.69, 9.17) is 9.73 Å². The second-order valence-corrected chi connectivity index (χ2v) is 5.88. The number of aliphatic imine (C=N–C) groups is 1. The van der Waals surface area contributed by atoms with Crippen molar-refractivity contribution < 1.29 is 9.53 Å². The topological polar surface area (TPSA) is 41.9 Å². The van der Waals surface area contributed by atoms with Crippen molar-refractivity contribution in [1.82, 2.24) is 4.90 Å². The summed E-state index contributed by atoms with van der Waals surface area (Å²) in [5, 5.41) is 0. The Bertz CT molecular complexity index is 738.